The van der Waals surface area contributed by atoms with Gasteiger partial charge in [0, 0.05) is 23.7 Å². The molecule has 1 fully saturated rings. The highest BCUT2D eigenvalue weighted by molar-refractivity contribution is 6.10. The number of carbonyl (C=O) groups is 3. The van der Waals surface area contributed by atoms with Gasteiger partial charge in [-0.1, -0.05) is 42.5 Å². The minimum absolute atomic E-state index is 0.310. The van der Waals surface area contributed by atoms with Crippen molar-refractivity contribution in [1.82, 2.24) is 0 Å². The van der Waals surface area contributed by atoms with E-state index in [1.54, 1.807) is 18.2 Å². The fraction of sp³-hybridized carbons (Fsp3) is 0.372. The van der Waals surface area contributed by atoms with Crippen LogP contribution in [-0.4, -0.2) is 34.9 Å². The number of anilines is 2. The molecule has 4 atom stereocenters. The maximum absolute atomic E-state index is 14.4. The lowest BCUT2D eigenvalue weighted by molar-refractivity contribution is -0.150. The summed E-state index contributed by atoms with van der Waals surface area (Å²) in [7, 11) is 0. The van der Waals surface area contributed by atoms with Crippen molar-refractivity contribution in [2.75, 3.05) is 17.2 Å². The summed E-state index contributed by atoms with van der Waals surface area (Å²) in [6.07, 6.45) is -0.367. The lowest BCUT2D eigenvalue weighted by atomic mass is 9.61. The van der Waals surface area contributed by atoms with Crippen LogP contribution in [0, 0.1) is 60.3 Å². The molecule has 8 nitrogen and oxygen atoms in total. The van der Waals surface area contributed by atoms with Crippen molar-refractivity contribution in [3.05, 3.63) is 117 Å². The molecule has 0 aliphatic heterocycles. The van der Waals surface area contributed by atoms with Crippen LogP contribution >= 0.6 is 0 Å². The summed E-state index contributed by atoms with van der Waals surface area (Å²) in [5.74, 6) is -4.07. The van der Waals surface area contributed by atoms with Gasteiger partial charge in [-0.05, 0) is 137 Å². The highest BCUT2D eigenvalue weighted by Gasteiger charge is 2.56. The molecule has 3 N–H and O–H groups in total. The van der Waals surface area contributed by atoms with Gasteiger partial charge in [0.2, 0.25) is 11.8 Å². The van der Waals surface area contributed by atoms with E-state index in [1.807, 2.05) is 71.0 Å². The van der Waals surface area contributed by atoms with Gasteiger partial charge in [0.05, 0.1) is 18.1 Å². The minimum atomic E-state index is -1.76. The Morgan fingerprint density at radius 1 is 0.725 bits per heavy atom. The Labute approximate surface area is 301 Å². The molecule has 51 heavy (non-hydrogen) atoms. The predicted molar refractivity (Wildman–Crippen MR) is 202 cm³/mol. The first kappa shape index (κ1) is 37.3. The van der Waals surface area contributed by atoms with E-state index in [2.05, 4.69) is 43.5 Å². The van der Waals surface area contributed by atoms with Crippen LogP contribution < -0.4 is 20.1 Å². The summed E-state index contributed by atoms with van der Waals surface area (Å²) < 4.78 is 12.4. The van der Waals surface area contributed by atoms with Gasteiger partial charge in [-0.15, -0.1) is 0 Å². The standard InChI is InChI=1S/C43H50N2O6/c1-10-50-37-21-31(15-16-36(37)51-23-32-20-29(7)28(6)19-30(32)8)38-39(41(47)44-33-17-24(2)11-13-26(33)4)35(46)22-43(9,49)40(38)42(48)45-34-18-25(3)12-14-27(34)5/h11-21,38-40,49H,10,22-23H2,1-9H3,(H,44,47)(H,45,48). The number of hydrogen-bond donors (Lipinski definition) is 3. The molecule has 2 amide bonds. The summed E-state index contributed by atoms with van der Waals surface area (Å²) >= 11 is 0. The molecule has 1 saturated carbocycles. The monoisotopic (exact) mass is 690 g/mol. The largest absolute Gasteiger partial charge is 0.490 e. The molecular weight excluding hydrogens is 640 g/mol. The van der Waals surface area contributed by atoms with E-state index < -0.39 is 41.0 Å². The van der Waals surface area contributed by atoms with Crippen LogP contribution in [-0.2, 0) is 21.0 Å². The van der Waals surface area contributed by atoms with Gasteiger partial charge in [-0.25, -0.2) is 0 Å². The van der Waals surface area contributed by atoms with Gasteiger partial charge in [0.25, 0.3) is 0 Å². The average molecular weight is 691 g/mol. The van der Waals surface area contributed by atoms with Crippen LogP contribution in [0.3, 0.4) is 0 Å². The smallest absolute Gasteiger partial charge is 0.235 e. The number of rotatable bonds is 10. The number of amides is 2. The van der Waals surface area contributed by atoms with Crippen LogP contribution in [0.15, 0.2) is 66.7 Å². The number of Topliss-reactive ketones (excluding diaryl/α,β-unsaturated/α-hetero) is 1. The second kappa shape index (κ2) is 15.1. The second-order valence-electron chi connectivity index (χ2n) is 14.4. The summed E-state index contributed by atoms with van der Waals surface area (Å²) in [6, 6.07) is 21.0. The van der Waals surface area contributed by atoms with E-state index in [0.717, 1.165) is 33.4 Å². The molecule has 0 saturated heterocycles. The highest BCUT2D eigenvalue weighted by Crippen LogP contribution is 2.48. The van der Waals surface area contributed by atoms with Crippen molar-refractivity contribution < 1.29 is 29.0 Å². The first-order valence-electron chi connectivity index (χ1n) is 17.6. The quantitative estimate of drug-likeness (QED) is 0.145. The summed E-state index contributed by atoms with van der Waals surface area (Å²) in [6.45, 7) is 17.8. The van der Waals surface area contributed by atoms with E-state index in [1.165, 1.54) is 18.1 Å². The highest BCUT2D eigenvalue weighted by atomic mass is 16.5. The van der Waals surface area contributed by atoms with Crippen molar-refractivity contribution in [3.8, 4) is 11.5 Å². The summed E-state index contributed by atoms with van der Waals surface area (Å²) in [5, 5.41) is 17.9. The molecule has 0 aromatic heterocycles. The molecule has 268 valence electrons. The predicted octanol–water partition coefficient (Wildman–Crippen LogP) is 8.14. The Balaban J connectivity index is 1.60. The maximum Gasteiger partial charge on any atom is 0.235 e. The van der Waals surface area contributed by atoms with Crippen LogP contribution in [0.25, 0.3) is 0 Å². The zero-order valence-corrected chi connectivity index (χ0v) is 31.2. The first-order chi connectivity index (χ1) is 24.1. The van der Waals surface area contributed by atoms with E-state index >= 15 is 0 Å². The second-order valence-corrected chi connectivity index (χ2v) is 14.4. The molecule has 8 heteroatoms. The van der Waals surface area contributed by atoms with E-state index in [9.17, 15) is 19.5 Å². The molecule has 4 unspecified atom stereocenters. The number of hydrogen-bond acceptors (Lipinski definition) is 6. The number of nitrogens with one attached hydrogen (secondary N) is 2. The van der Waals surface area contributed by atoms with Gasteiger partial charge < -0.3 is 25.2 Å². The third-order valence-corrected chi connectivity index (χ3v) is 10.1. The molecule has 5 rings (SSSR count). The zero-order valence-electron chi connectivity index (χ0n) is 31.2. The van der Waals surface area contributed by atoms with Gasteiger partial charge in [-0.2, -0.15) is 0 Å². The number of aryl methyl sites for hydroxylation is 7. The van der Waals surface area contributed by atoms with E-state index in [0.29, 0.717) is 41.7 Å². The number of ketones is 1. The molecule has 0 heterocycles. The van der Waals surface area contributed by atoms with Gasteiger partial charge in [0.15, 0.2) is 11.5 Å². The van der Waals surface area contributed by atoms with Crippen molar-refractivity contribution in [2.45, 2.75) is 86.9 Å². The Hall–Kier alpha value is -4.95. The topological polar surface area (TPSA) is 114 Å². The Morgan fingerprint density at radius 2 is 1.31 bits per heavy atom. The average Bonchev–Trinajstić information content (AvgIpc) is 3.05. The van der Waals surface area contributed by atoms with Crippen LogP contribution in [0.4, 0.5) is 11.4 Å². The van der Waals surface area contributed by atoms with Crippen molar-refractivity contribution in [1.29, 1.82) is 0 Å². The third kappa shape index (κ3) is 8.18. The third-order valence-electron chi connectivity index (χ3n) is 10.1. The first-order valence-corrected chi connectivity index (χ1v) is 17.6. The normalized spacial score (nSPS) is 20.1. The molecule has 1 aliphatic rings. The van der Waals surface area contributed by atoms with Gasteiger partial charge in [-0.3, -0.25) is 14.4 Å². The zero-order chi connectivity index (χ0) is 37.2. The fourth-order valence-corrected chi connectivity index (χ4v) is 7.10. The van der Waals surface area contributed by atoms with Crippen LogP contribution in [0.1, 0.15) is 76.3 Å². The lowest BCUT2D eigenvalue weighted by Crippen LogP contribution is -2.56. The molecular formula is C43H50N2O6. The molecule has 4 aromatic rings. The Morgan fingerprint density at radius 3 is 1.92 bits per heavy atom. The molecule has 4 aromatic carbocycles. The SMILES string of the molecule is CCOc1cc(C2C(C(=O)Nc3cc(C)ccc3C)C(=O)CC(C)(O)C2C(=O)Nc2cc(C)ccc2C)ccc1OCc1cc(C)c(C)cc1C. The Bertz CT molecular complexity index is 1980. The van der Waals surface area contributed by atoms with E-state index in [-0.39, 0.29) is 6.42 Å². The lowest BCUT2D eigenvalue weighted by Gasteiger charge is -2.44. The van der Waals surface area contributed by atoms with E-state index in [4.69, 9.17) is 9.47 Å². The van der Waals surface area contributed by atoms with Crippen molar-refractivity contribution in [2.24, 2.45) is 11.8 Å². The number of benzene rings is 4. The van der Waals surface area contributed by atoms with Gasteiger partial charge in [0.1, 0.15) is 18.3 Å². The fourth-order valence-electron chi connectivity index (χ4n) is 7.10. The van der Waals surface area contributed by atoms with Crippen molar-refractivity contribution >= 4 is 29.0 Å². The van der Waals surface area contributed by atoms with Crippen LogP contribution in [0.5, 0.6) is 11.5 Å². The molecule has 1 aliphatic carbocycles. The summed E-state index contributed by atoms with van der Waals surface area (Å²) in [5.41, 5.74) is 8.06. The maximum atomic E-state index is 14.4. The number of carbonyl (C=O) groups excluding carboxylic acids is 3. The Kier molecular flexibility index (Phi) is 11.1. The summed E-state index contributed by atoms with van der Waals surface area (Å²) in [4.78, 5) is 42.7. The molecule has 0 bridgehead atoms. The van der Waals surface area contributed by atoms with Crippen molar-refractivity contribution in [3.63, 3.8) is 0 Å². The number of aliphatic hydroxyl groups is 1. The van der Waals surface area contributed by atoms with Crippen LogP contribution in [0.2, 0.25) is 0 Å². The molecule has 0 radical (unpaired) electrons. The molecule has 0 spiro atoms. The van der Waals surface area contributed by atoms with Gasteiger partial charge >= 0.3 is 0 Å². The minimum Gasteiger partial charge on any atom is -0.490 e. The number of ether oxygens (including phenoxy) is 2.